The molecule has 0 heterocycles. The van der Waals surface area contributed by atoms with Crippen LogP contribution < -0.4 is 4.72 Å². The van der Waals surface area contributed by atoms with Crippen molar-refractivity contribution in [3.63, 3.8) is 0 Å². The van der Waals surface area contributed by atoms with E-state index in [1.165, 1.54) is 12.1 Å². The average Bonchev–Trinajstić information content (AvgIpc) is 2.37. The minimum atomic E-state index is -3.36. The Morgan fingerprint density at radius 3 is 2.25 bits per heavy atom. The van der Waals surface area contributed by atoms with E-state index < -0.39 is 14.9 Å². The highest BCUT2D eigenvalue weighted by Crippen LogP contribution is 2.26. The first kappa shape index (κ1) is 14.0. The van der Waals surface area contributed by atoms with Crippen LogP contribution in [0.3, 0.4) is 0 Å². The van der Waals surface area contributed by atoms with Crippen molar-refractivity contribution >= 4 is 21.4 Å². The quantitative estimate of drug-likeness (QED) is 0.693. The van der Waals surface area contributed by atoms with Gasteiger partial charge in [0.2, 0.25) is 10.0 Å². The van der Waals surface area contributed by atoms with Crippen LogP contribution in [0.2, 0.25) is 0 Å². The summed E-state index contributed by atoms with van der Waals surface area (Å²) < 4.78 is 24.7. The molecule has 0 unspecified atom stereocenters. The highest BCUT2D eigenvalue weighted by Gasteiger charge is 2.08. The molecule has 0 spiro atoms. The van der Waals surface area contributed by atoms with Crippen molar-refractivity contribution < 1.29 is 13.3 Å². The zero-order valence-corrected chi connectivity index (χ0v) is 11.4. The van der Waals surface area contributed by atoms with Gasteiger partial charge in [-0.05, 0) is 23.3 Å². The maximum Gasteiger partial charge on any atom is 0.270 e. The van der Waals surface area contributed by atoms with Crippen molar-refractivity contribution in [1.82, 2.24) is 0 Å². The molecular weight excluding hydrogens is 280 g/mol. The predicted octanol–water partition coefficient (Wildman–Crippen LogP) is 2.63. The number of rotatable bonds is 4. The number of non-ortho nitro benzene ring substituents is 1. The Morgan fingerprint density at radius 1 is 1.05 bits per heavy atom. The normalized spacial score (nSPS) is 11.1. The van der Waals surface area contributed by atoms with E-state index in [4.69, 9.17) is 0 Å². The van der Waals surface area contributed by atoms with Crippen molar-refractivity contribution in [3.8, 4) is 11.1 Å². The standard InChI is InChI=1S/C13H12N2O4S/c1-20(18,19)14-12-6-2-4-10(8-12)11-5-3-7-13(9-11)15(16)17/h2-9,14H,1H3. The van der Waals surface area contributed by atoms with Crippen molar-refractivity contribution in [2.45, 2.75) is 0 Å². The summed E-state index contributed by atoms with van der Waals surface area (Å²) in [4.78, 5) is 10.3. The molecule has 2 aromatic rings. The Morgan fingerprint density at radius 2 is 1.65 bits per heavy atom. The van der Waals surface area contributed by atoms with E-state index in [-0.39, 0.29) is 5.69 Å². The average molecular weight is 292 g/mol. The Balaban J connectivity index is 2.41. The second-order valence-electron chi connectivity index (χ2n) is 4.26. The second kappa shape index (κ2) is 5.30. The Labute approximate surface area is 116 Å². The molecule has 0 aliphatic rings. The highest BCUT2D eigenvalue weighted by atomic mass is 32.2. The van der Waals surface area contributed by atoms with Crippen LogP contribution in [0.25, 0.3) is 11.1 Å². The fourth-order valence-electron chi connectivity index (χ4n) is 1.78. The molecule has 6 nitrogen and oxygen atoms in total. The van der Waals surface area contributed by atoms with Gasteiger partial charge < -0.3 is 0 Å². The number of sulfonamides is 1. The van der Waals surface area contributed by atoms with Crippen LogP contribution in [0.5, 0.6) is 0 Å². The Bertz CT molecular complexity index is 756. The largest absolute Gasteiger partial charge is 0.284 e. The molecule has 0 radical (unpaired) electrons. The van der Waals surface area contributed by atoms with E-state index in [1.807, 2.05) is 0 Å². The number of benzene rings is 2. The molecule has 0 aliphatic heterocycles. The fourth-order valence-corrected chi connectivity index (χ4v) is 2.33. The third-order valence-electron chi connectivity index (χ3n) is 2.56. The summed E-state index contributed by atoms with van der Waals surface area (Å²) >= 11 is 0. The number of hydrogen-bond acceptors (Lipinski definition) is 4. The summed E-state index contributed by atoms with van der Waals surface area (Å²) in [5.41, 5.74) is 1.75. The number of hydrogen-bond donors (Lipinski definition) is 1. The third-order valence-corrected chi connectivity index (χ3v) is 3.16. The lowest BCUT2D eigenvalue weighted by Gasteiger charge is -2.07. The molecule has 104 valence electrons. The maximum atomic E-state index is 11.2. The number of nitro groups is 1. The molecule has 0 saturated heterocycles. The van der Waals surface area contributed by atoms with Gasteiger partial charge in [-0.15, -0.1) is 0 Å². The van der Waals surface area contributed by atoms with Gasteiger partial charge in [-0.25, -0.2) is 8.42 Å². The van der Waals surface area contributed by atoms with E-state index in [0.717, 1.165) is 6.26 Å². The van der Waals surface area contributed by atoms with Gasteiger partial charge in [0.25, 0.3) is 5.69 Å². The van der Waals surface area contributed by atoms with Gasteiger partial charge in [0.15, 0.2) is 0 Å². The molecule has 0 amide bonds. The maximum absolute atomic E-state index is 11.2. The first-order valence-corrected chi connectivity index (χ1v) is 7.57. The van der Waals surface area contributed by atoms with E-state index in [1.54, 1.807) is 36.4 Å². The second-order valence-corrected chi connectivity index (χ2v) is 6.01. The summed E-state index contributed by atoms with van der Waals surface area (Å²) in [5, 5.41) is 10.8. The van der Waals surface area contributed by atoms with Gasteiger partial charge in [-0.3, -0.25) is 14.8 Å². The van der Waals surface area contributed by atoms with Gasteiger partial charge in [-0.2, -0.15) is 0 Å². The van der Waals surface area contributed by atoms with Crippen molar-refractivity contribution in [3.05, 3.63) is 58.6 Å². The molecule has 2 aromatic carbocycles. The number of nitrogens with zero attached hydrogens (tertiary/aromatic N) is 1. The Kier molecular flexibility index (Phi) is 3.71. The topological polar surface area (TPSA) is 89.3 Å². The molecular formula is C13H12N2O4S. The van der Waals surface area contributed by atoms with Crippen LogP contribution in [-0.2, 0) is 10.0 Å². The molecule has 0 bridgehead atoms. The van der Waals surface area contributed by atoms with Gasteiger partial charge in [0.05, 0.1) is 11.2 Å². The fraction of sp³-hybridized carbons (Fsp3) is 0.0769. The summed E-state index contributed by atoms with van der Waals surface area (Å²) in [6.07, 6.45) is 1.06. The molecule has 0 atom stereocenters. The molecule has 0 aromatic heterocycles. The van der Waals surface area contributed by atoms with Crippen LogP contribution in [0.1, 0.15) is 0 Å². The third kappa shape index (κ3) is 3.55. The number of nitrogens with one attached hydrogen (secondary N) is 1. The smallest absolute Gasteiger partial charge is 0.270 e. The predicted molar refractivity (Wildman–Crippen MR) is 77.0 cm³/mol. The highest BCUT2D eigenvalue weighted by molar-refractivity contribution is 7.92. The molecule has 0 saturated carbocycles. The van der Waals surface area contributed by atoms with Gasteiger partial charge in [0, 0.05) is 17.8 Å². The van der Waals surface area contributed by atoms with Gasteiger partial charge in [-0.1, -0.05) is 24.3 Å². The van der Waals surface area contributed by atoms with Gasteiger partial charge in [0.1, 0.15) is 0 Å². The van der Waals surface area contributed by atoms with Crippen molar-refractivity contribution in [2.24, 2.45) is 0 Å². The van der Waals surface area contributed by atoms with Crippen molar-refractivity contribution in [2.75, 3.05) is 11.0 Å². The van der Waals surface area contributed by atoms with Crippen LogP contribution in [-0.4, -0.2) is 19.6 Å². The minimum absolute atomic E-state index is 0.0102. The van der Waals surface area contributed by atoms with Crippen LogP contribution in [0, 0.1) is 10.1 Å². The summed E-state index contributed by atoms with van der Waals surface area (Å²) in [6, 6.07) is 12.8. The van der Waals surface area contributed by atoms with Crippen LogP contribution >= 0.6 is 0 Å². The summed E-state index contributed by atoms with van der Waals surface area (Å²) in [6.45, 7) is 0. The monoisotopic (exact) mass is 292 g/mol. The zero-order valence-electron chi connectivity index (χ0n) is 10.6. The van der Waals surface area contributed by atoms with Crippen LogP contribution in [0.4, 0.5) is 11.4 Å². The first-order valence-electron chi connectivity index (χ1n) is 5.68. The van der Waals surface area contributed by atoms with Crippen molar-refractivity contribution in [1.29, 1.82) is 0 Å². The minimum Gasteiger partial charge on any atom is -0.284 e. The molecule has 0 fully saturated rings. The Hall–Kier alpha value is -2.41. The summed E-state index contributed by atoms with van der Waals surface area (Å²) in [5.74, 6) is 0. The SMILES string of the molecule is CS(=O)(=O)Nc1cccc(-c2cccc([N+](=O)[O-])c2)c1. The lowest BCUT2D eigenvalue weighted by Crippen LogP contribution is -2.09. The lowest BCUT2D eigenvalue weighted by molar-refractivity contribution is -0.384. The zero-order chi connectivity index (χ0) is 14.8. The molecule has 2 rings (SSSR count). The number of anilines is 1. The van der Waals surface area contributed by atoms with Gasteiger partial charge >= 0.3 is 0 Å². The molecule has 1 N–H and O–H groups in total. The lowest BCUT2D eigenvalue weighted by atomic mass is 10.0. The first-order chi connectivity index (χ1) is 9.35. The number of nitro benzene ring substituents is 1. The van der Waals surface area contributed by atoms with E-state index in [2.05, 4.69) is 4.72 Å². The van der Waals surface area contributed by atoms with E-state index >= 15 is 0 Å². The molecule has 7 heteroatoms. The van der Waals surface area contributed by atoms with E-state index in [9.17, 15) is 18.5 Å². The van der Waals surface area contributed by atoms with Crippen LogP contribution in [0.15, 0.2) is 48.5 Å². The molecule has 20 heavy (non-hydrogen) atoms. The van der Waals surface area contributed by atoms with E-state index in [0.29, 0.717) is 16.8 Å². The molecule has 0 aliphatic carbocycles. The summed E-state index contributed by atoms with van der Waals surface area (Å²) in [7, 11) is -3.36.